The van der Waals surface area contributed by atoms with Crippen LogP contribution in [0.15, 0.2) is 30.3 Å². The number of esters is 1. The van der Waals surface area contributed by atoms with Crippen molar-refractivity contribution in [3.8, 4) is 0 Å². The maximum atomic E-state index is 11.7. The largest absolute Gasteiger partial charge is 0.456 e. The van der Waals surface area contributed by atoms with Crippen molar-refractivity contribution in [3.63, 3.8) is 0 Å². The van der Waals surface area contributed by atoms with E-state index in [9.17, 15) is 18.0 Å². The molecule has 0 N–H and O–H groups in total. The lowest BCUT2D eigenvalue weighted by Crippen LogP contribution is -2.20. The molecule has 0 aromatic heterocycles. The van der Waals surface area contributed by atoms with Gasteiger partial charge in [-0.1, -0.05) is 30.3 Å². The van der Waals surface area contributed by atoms with Gasteiger partial charge in [0.05, 0.1) is 0 Å². The van der Waals surface area contributed by atoms with E-state index in [2.05, 4.69) is 4.74 Å². The molecule has 0 fully saturated rings. The molecule has 0 bridgehead atoms. The molecule has 1 aromatic carbocycles. The Hall–Kier alpha value is -1.52. The van der Waals surface area contributed by atoms with Crippen LogP contribution >= 0.6 is 0 Å². The Morgan fingerprint density at radius 3 is 2.41 bits per heavy atom. The third kappa shape index (κ3) is 6.60. The molecule has 0 saturated carbocycles. The third-order valence-corrected chi connectivity index (χ3v) is 2.09. The van der Waals surface area contributed by atoms with Gasteiger partial charge in [-0.3, -0.25) is 4.79 Å². The van der Waals surface area contributed by atoms with Gasteiger partial charge in [-0.2, -0.15) is 13.2 Å². The first-order valence-electron chi connectivity index (χ1n) is 5.24. The van der Waals surface area contributed by atoms with Gasteiger partial charge >= 0.3 is 12.1 Å². The highest BCUT2D eigenvalue weighted by atomic mass is 19.4. The summed E-state index contributed by atoms with van der Waals surface area (Å²) in [5.41, 5.74) is 1.05. The van der Waals surface area contributed by atoms with E-state index in [1.165, 1.54) is 0 Å². The van der Waals surface area contributed by atoms with Crippen LogP contribution in [0.5, 0.6) is 0 Å². The van der Waals surface area contributed by atoms with Crippen LogP contribution in [0.1, 0.15) is 18.4 Å². The maximum Gasteiger partial charge on any atom is 0.422 e. The van der Waals surface area contributed by atoms with E-state index >= 15 is 0 Å². The monoisotopic (exact) mass is 246 g/mol. The molecule has 5 heteroatoms. The van der Waals surface area contributed by atoms with E-state index in [0.717, 1.165) is 5.56 Å². The Balaban J connectivity index is 2.17. The zero-order valence-corrected chi connectivity index (χ0v) is 9.17. The third-order valence-electron chi connectivity index (χ3n) is 2.09. The summed E-state index contributed by atoms with van der Waals surface area (Å²) in [7, 11) is 0. The van der Waals surface area contributed by atoms with Gasteiger partial charge < -0.3 is 4.74 Å². The molecule has 17 heavy (non-hydrogen) atoms. The van der Waals surface area contributed by atoms with Gasteiger partial charge in [0.1, 0.15) is 0 Å². The topological polar surface area (TPSA) is 26.3 Å². The molecule has 0 unspecified atom stereocenters. The molecule has 1 rings (SSSR count). The zero-order chi connectivity index (χ0) is 12.7. The molecule has 0 spiro atoms. The first-order valence-corrected chi connectivity index (χ1v) is 5.24. The molecular formula is C12H13F3O2. The number of aryl methyl sites for hydroxylation is 1. The van der Waals surface area contributed by atoms with Crippen LogP contribution in [0, 0.1) is 0 Å². The minimum absolute atomic E-state index is 0.00493. The molecular weight excluding hydrogens is 233 g/mol. The number of hydrogen-bond donors (Lipinski definition) is 0. The van der Waals surface area contributed by atoms with Crippen LogP contribution in [-0.2, 0) is 16.0 Å². The molecule has 0 aliphatic carbocycles. The van der Waals surface area contributed by atoms with E-state index in [-0.39, 0.29) is 6.42 Å². The molecule has 0 amide bonds. The first-order chi connectivity index (χ1) is 7.97. The lowest BCUT2D eigenvalue weighted by atomic mass is 10.1. The Morgan fingerprint density at radius 1 is 1.18 bits per heavy atom. The first kappa shape index (κ1) is 13.5. The van der Waals surface area contributed by atoms with Crippen molar-refractivity contribution in [1.29, 1.82) is 0 Å². The highest BCUT2D eigenvalue weighted by Gasteiger charge is 2.29. The lowest BCUT2D eigenvalue weighted by molar-refractivity contribution is -0.186. The normalized spacial score (nSPS) is 11.2. The molecule has 0 saturated heterocycles. The summed E-state index contributed by atoms with van der Waals surface area (Å²) in [5, 5.41) is 0. The van der Waals surface area contributed by atoms with Crippen LogP contribution < -0.4 is 0 Å². The van der Waals surface area contributed by atoms with E-state index < -0.39 is 18.8 Å². The average Bonchev–Trinajstić information content (AvgIpc) is 2.27. The summed E-state index contributed by atoms with van der Waals surface area (Å²) >= 11 is 0. The van der Waals surface area contributed by atoms with Crippen molar-refractivity contribution in [3.05, 3.63) is 35.9 Å². The fraction of sp³-hybridized carbons (Fsp3) is 0.417. The predicted molar refractivity (Wildman–Crippen MR) is 56.4 cm³/mol. The van der Waals surface area contributed by atoms with Crippen LogP contribution in [-0.4, -0.2) is 18.8 Å². The van der Waals surface area contributed by atoms with Crippen molar-refractivity contribution < 1.29 is 22.7 Å². The lowest BCUT2D eigenvalue weighted by Gasteiger charge is -2.07. The number of hydrogen-bond acceptors (Lipinski definition) is 2. The molecule has 2 nitrogen and oxygen atoms in total. The summed E-state index contributed by atoms with van der Waals surface area (Å²) in [6.45, 7) is -1.50. The molecule has 94 valence electrons. The van der Waals surface area contributed by atoms with Gasteiger partial charge in [0.2, 0.25) is 0 Å². The number of rotatable bonds is 5. The second kappa shape index (κ2) is 6.27. The highest BCUT2D eigenvalue weighted by molar-refractivity contribution is 5.69. The van der Waals surface area contributed by atoms with E-state index in [4.69, 9.17) is 0 Å². The number of halogens is 3. The Bertz CT molecular complexity index is 347. The molecule has 0 aliphatic rings. The number of benzene rings is 1. The standard InChI is InChI=1S/C12H13F3O2/c13-12(14,15)9-17-11(16)8-4-7-10-5-2-1-3-6-10/h1-3,5-6H,4,7-9H2. The Kier molecular flexibility index (Phi) is 5.00. The number of carbonyl (C=O) groups is 1. The maximum absolute atomic E-state index is 11.7. The number of ether oxygens (including phenoxy) is 1. The van der Waals surface area contributed by atoms with Crippen LogP contribution in [0.4, 0.5) is 13.2 Å². The second-order valence-corrected chi connectivity index (χ2v) is 3.62. The number of alkyl halides is 3. The molecule has 0 atom stereocenters. The minimum atomic E-state index is -4.45. The Labute approximate surface area is 97.4 Å². The average molecular weight is 246 g/mol. The summed E-state index contributed by atoms with van der Waals surface area (Å²) in [4.78, 5) is 11.0. The summed E-state index contributed by atoms with van der Waals surface area (Å²) in [5.74, 6) is -0.807. The van der Waals surface area contributed by atoms with Gasteiger partial charge in [-0.15, -0.1) is 0 Å². The van der Waals surface area contributed by atoms with Crippen LogP contribution in [0.2, 0.25) is 0 Å². The van der Waals surface area contributed by atoms with Gasteiger partial charge in [0, 0.05) is 6.42 Å². The van der Waals surface area contributed by atoms with E-state index in [0.29, 0.717) is 12.8 Å². The Morgan fingerprint density at radius 2 is 1.82 bits per heavy atom. The minimum Gasteiger partial charge on any atom is -0.456 e. The fourth-order valence-electron chi connectivity index (χ4n) is 1.32. The van der Waals surface area contributed by atoms with E-state index in [1.807, 2.05) is 30.3 Å². The van der Waals surface area contributed by atoms with Gasteiger partial charge in [0.25, 0.3) is 0 Å². The fourth-order valence-corrected chi connectivity index (χ4v) is 1.32. The van der Waals surface area contributed by atoms with Gasteiger partial charge in [-0.25, -0.2) is 0 Å². The highest BCUT2D eigenvalue weighted by Crippen LogP contribution is 2.15. The summed E-state index contributed by atoms with van der Waals surface area (Å²) in [6, 6.07) is 9.43. The summed E-state index contributed by atoms with van der Waals surface area (Å²) in [6.07, 6.45) is -3.30. The quantitative estimate of drug-likeness (QED) is 0.746. The van der Waals surface area contributed by atoms with E-state index in [1.54, 1.807) is 0 Å². The molecule has 0 radical (unpaired) electrons. The van der Waals surface area contributed by atoms with Crippen LogP contribution in [0.25, 0.3) is 0 Å². The van der Waals surface area contributed by atoms with Gasteiger partial charge in [0.15, 0.2) is 6.61 Å². The predicted octanol–water partition coefficient (Wildman–Crippen LogP) is 3.11. The van der Waals surface area contributed by atoms with Crippen molar-refractivity contribution in [2.45, 2.75) is 25.4 Å². The summed E-state index contributed by atoms with van der Waals surface area (Å²) < 4.78 is 39.3. The molecule has 1 aromatic rings. The molecule has 0 heterocycles. The van der Waals surface area contributed by atoms with Crippen molar-refractivity contribution in [2.75, 3.05) is 6.61 Å². The smallest absolute Gasteiger partial charge is 0.422 e. The van der Waals surface area contributed by atoms with Gasteiger partial charge in [-0.05, 0) is 18.4 Å². The number of carbonyl (C=O) groups excluding carboxylic acids is 1. The zero-order valence-electron chi connectivity index (χ0n) is 9.17. The SMILES string of the molecule is O=C(CCCc1ccccc1)OCC(F)(F)F. The van der Waals surface area contributed by atoms with Crippen molar-refractivity contribution >= 4 is 5.97 Å². The van der Waals surface area contributed by atoms with Crippen LogP contribution in [0.3, 0.4) is 0 Å². The second-order valence-electron chi connectivity index (χ2n) is 3.62. The molecule has 0 aliphatic heterocycles. The van der Waals surface area contributed by atoms with Crippen molar-refractivity contribution in [2.24, 2.45) is 0 Å². The van der Waals surface area contributed by atoms with Crippen molar-refractivity contribution in [1.82, 2.24) is 0 Å².